The standard InChI is InChI=1S/C13H9BrF2O2/c1-7-8(4-5-18-7)12(17)6-9-11(15)3-2-10(14)13(9)16/h2-5H,6H2,1H3. The average Bonchev–Trinajstić information content (AvgIpc) is 2.76. The highest BCUT2D eigenvalue weighted by Gasteiger charge is 2.18. The zero-order valence-electron chi connectivity index (χ0n) is 9.47. The molecule has 0 saturated carbocycles. The van der Waals surface area contributed by atoms with E-state index >= 15 is 0 Å². The fourth-order valence-corrected chi connectivity index (χ4v) is 2.03. The first-order valence-corrected chi connectivity index (χ1v) is 5.99. The van der Waals surface area contributed by atoms with Crippen molar-refractivity contribution >= 4 is 21.7 Å². The maximum Gasteiger partial charge on any atom is 0.170 e. The van der Waals surface area contributed by atoms with Crippen molar-refractivity contribution in [1.29, 1.82) is 0 Å². The van der Waals surface area contributed by atoms with E-state index in [-0.39, 0.29) is 22.2 Å². The summed E-state index contributed by atoms with van der Waals surface area (Å²) < 4.78 is 32.3. The Kier molecular flexibility index (Phi) is 3.61. The van der Waals surface area contributed by atoms with E-state index in [1.54, 1.807) is 6.92 Å². The maximum absolute atomic E-state index is 13.7. The Morgan fingerprint density at radius 2 is 2.06 bits per heavy atom. The number of ketones is 1. The third-order valence-electron chi connectivity index (χ3n) is 2.64. The number of benzene rings is 1. The summed E-state index contributed by atoms with van der Waals surface area (Å²) in [7, 11) is 0. The van der Waals surface area contributed by atoms with Crippen LogP contribution in [0.5, 0.6) is 0 Å². The molecule has 0 atom stereocenters. The summed E-state index contributed by atoms with van der Waals surface area (Å²) in [6.45, 7) is 1.63. The second kappa shape index (κ2) is 5.02. The number of carbonyl (C=O) groups excluding carboxylic acids is 1. The monoisotopic (exact) mass is 314 g/mol. The zero-order chi connectivity index (χ0) is 13.3. The van der Waals surface area contributed by atoms with Crippen molar-refractivity contribution in [1.82, 2.24) is 0 Å². The zero-order valence-corrected chi connectivity index (χ0v) is 11.1. The number of Topliss-reactive ketones (excluding diaryl/α,β-unsaturated/α-hetero) is 1. The SMILES string of the molecule is Cc1occc1C(=O)Cc1c(F)ccc(Br)c1F. The van der Waals surface area contributed by atoms with Gasteiger partial charge in [-0.3, -0.25) is 4.79 Å². The molecular weight excluding hydrogens is 306 g/mol. The van der Waals surface area contributed by atoms with Crippen LogP contribution >= 0.6 is 15.9 Å². The number of hydrogen-bond acceptors (Lipinski definition) is 2. The molecule has 0 spiro atoms. The third kappa shape index (κ3) is 2.36. The Morgan fingerprint density at radius 1 is 1.33 bits per heavy atom. The molecule has 2 aromatic rings. The summed E-state index contributed by atoms with van der Waals surface area (Å²) in [5.74, 6) is -1.41. The van der Waals surface area contributed by atoms with Crippen molar-refractivity contribution in [2.75, 3.05) is 0 Å². The van der Waals surface area contributed by atoms with E-state index in [4.69, 9.17) is 4.42 Å². The summed E-state index contributed by atoms with van der Waals surface area (Å²) in [4.78, 5) is 11.9. The molecular formula is C13H9BrF2O2. The highest BCUT2D eigenvalue weighted by molar-refractivity contribution is 9.10. The molecule has 0 radical (unpaired) electrons. The van der Waals surface area contributed by atoms with Crippen molar-refractivity contribution in [3.05, 3.63) is 57.5 Å². The Morgan fingerprint density at radius 3 is 2.67 bits per heavy atom. The van der Waals surface area contributed by atoms with Gasteiger partial charge in [-0.2, -0.15) is 0 Å². The summed E-state index contributed by atoms with van der Waals surface area (Å²) >= 11 is 2.96. The number of halogens is 3. The van der Waals surface area contributed by atoms with Gasteiger partial charge in [0.05, 0.1) is 16.3 Å². The molecule has 0 N–H and O–H groups in total. The first-order chi connectivity index (χ1) is 8.50. The van der Waals surface area contributed by atoms with Crippen LogP contribution in [0.3, 0.4) is 0 Å². The molecule has 2 nitrogen and oxygen atoms in total. The molecule has 1 aromatic heterocycles. The molecule has 0 bridgehead atoms. The number of aryl methyl sites for hydroxylation is 1. The van der Waals surface area contributed by atoms with Gasteiger partial charge in [0.2, 0.25) is 0 Å². The van der Waals surface area contributed by atoms with Gasteiger partial charge < -0.3 is 4.42 Å². The topological polar surface area (TPSA) is 30.2 Å². The molecule has 0 aliphatic carbocycles. The van der Waals surface area contributed by atoms with Gasteiger partial charge in [0.25, 0.3) is 0 Å². The fraction of sp³-hybridized carbons (Fsp3) is 0.154. The minimum absolute atomic E-state index is 0.135. The Hall–Kier alpha value is -1.49. The minimum Gasteiger partial charge on any atom is -0.469 e. The van der Waals surface area contributed by atoms with Crippen molar-refractivity contribution in [2.45, 2.75) is 13.3 Å². The molecule has 2 rings (SSSR count). The molecule has 0 fully saturated rings. The van der Waals surface area contributed by atoms with Crippen molar-refractivity contribution in [2.24, 2.45) is 0 Å². The number of carbonyl (C=O) groups is 1. The van der Waals surface area contributed by atoms with Gasteiger partial charge in [-0.1, -0.05) is 0 Å². The lowest BCUT2D eigenvalue weighted by Gasteiger charge is -2.05. The van der Waals surface area contributed by atoms with Gasteiger partial charge in [0, 0.05) is 12.0 Å². The highest BCUT2D eigenvalue weighted by Crippen LogP contribution is 2.23. The lowest BCUT2D eigenvalue weighted by molar-refractivity contribution is 0.0989. The fourth-order valence-electron chi connectivity index (χ4n) is 1.66. The van der Waals surface area contributed by atoms with E-state index in [1.165, 1.54) is 18.4 Å². The molecule has 0 saturated heterocycles. The molecule has 0 aliphatic heterocycles. The lowest BCUT2D eigenvalue weighted by Crippen LogP contribution is -2.08. The first-order valence-electron chi connectivity index (χ1n) is 5.20. The molecule has 1 heterocycles. The predicted molar refractivity (Wildman–Crippen MR) is 65.5 cm³/mol. The largest absolute Gasteiger partial charge is 0.469 e. The maximum atomic E-state index is 13.7. The van der Waals surface area contributed by atoms with Crippen LogP contribution in [0.4, 0.5) is 8.78 Å². The van der Waals surface area contributed by atoms with E-state index in [0.717, 1.165) is 6.07 Å². The first kappa shape index (κ1) is 13.0. The molecule has 0 aliphatic rings. The van der Waals surface area contributed by atoms with Gasteiger partial charge >= 0.3 is 0 Å². The summed E-state index contributed by atoms with van der Waals surface area (Å²) in [5, 5.41) is 0. The van der Waals surface area contributed by atoms with Crippen LogP contribution in [-0.2, 0) is 6.42 Å². The summed E-state index contributed by atoms with van der Waals surface area (Å²) in [6, 6.07) is 3.88. The van der Waals surface area contributed by atoms with Crippen molar-refractivity contribution < 1.29 is 18.0 Å². The van der Waals surface area contributed by atoms with Gasteiger partial charge in [-0.15, -0.1) is 0 Å². The average molecular weight is 315 g/mol. The van der Waals surface area contributed by atoms with Crippen LogP contribution in [0.15, 0.2) is 33.4 Å². The summed E-state index contributed by atoms with van der Waals surface area (Å²) in [5.41, 5.74) is 0.101. The lowest BCUT2D eigenvalue weighted by atomic mass is 10.0. The molecule has 94 valence electrons. The van der Waals surface area contributed by atoms with Gasteiger partial charge in [0.15, 0.2) is 5.78 Å². The van der Waals surface area contributed by atoms with E-state index in [2.05, 4.69) is 15.9 Å². The third-order valence-corrected chi connectivity index (χ3v) is 3.25. The van der Waals surface area contributed by atoms with E-state index < -0.39 is 11.6 Å². The molecule has 5 heteroatoms. The Balaban J connectivity index is 2.33. The molecule has 0 unspecified atom stereocenters. The quantitative estimate of drug-likeness (QED) is 0.632. The van der Waals surface area contributed by atoms with E-state index in [0.29, 0.717) is 11.3 Å². The van der Waals surface area contributed by atoms with Crippen LogP contribution in [0.25, 0.3) is 0 Å². The van der Waals surface area contributed by atoms with Crippen LogP contribution in [-0.4, -0.2) is 5.78 Å². The predicted octanol–water partition coefficient (Wildman–Crippen LogP) is 4.05. The number of furan rings is 1. The van der Waals surface area contributed by atoms with Gasteiger partial charge in [-0.25, -0.2) is 8.78 Å². The normalized spacial score (nSPS) is 10.7. The van der Waals surface area contributed by atoms with Crippen molar-refractivity contribution in [3.8, 4) is 0 Å². The number of rotatable bonds is 3. The van der Waals surface area contributed by atoms with E-state index in [9.17, 15) is 13.6 Å². The van der Waals surface area contributed by atoms with Gasteiger partial charge in [-0.05, 0) is 41.1 Å². The van der Waals surface area contributed by atoms with Crippen LogP contribution < -0.4 is 0 Å². The van der Waals surface area contributed by atoms with Crippen LogP contribution in [0.2, 0.25) is 0 Å². The number of hydrogen-bond donors (Lipinski definition) is 0. The van der Waals surface area contributed by atoms with Crippen LogP contribution in [0, 0.1) is 18.6 Å². The Bertz CT molecular complexity index is 605. The van der Waals surface area contributed by atoms with Crippen molar-refractivity contribution in [3.63, 3.8) is 0 Å². The van der Waals surface area contributed by atoms with E-state index in [1.807, 2.05) is 0 Å². The second-order valence-corrected chi connectivity index (χ2v) is 4.67. The smallest absolute Gasteiger partial charge is 0.170 e. The molecule has 1 aromatic carbocycles. The molecule has 0 amide bonds. The minimum atomic E-state index is -0.746. The van der Waals surface area contributed by atoms with Gasteiger partial charge in [0.1, 0.15) is 17.4 Å². The highest BCUT2D eigenvalue weighted by atomic mass is 79.9. The molecule has 18 heavy (non-hydrogen) atoms. The Labute approximate surface area is 111 Å². The summed E-state index contributed by atoms with van der Waals surface area (Å²) in [6.07, 6.45) is 1.04. The van der Waals surface area contributed by atoms with Crippen LogP contribution in [0.1, 0.15) is 21.7 Å². The second-order valence-electron chi connectivity index (χ2n) is 3.81.